The van der Waals surface area contributed by atoms with Gasteiger partial charge >= 0.3 is 0 Å². The molecule has 1 aromatic carbocycles. The van der Waals surface area contributed by atoms with Crippen LogP contribution in [0.25, 0.3) is 0 Å². The zero-order chi connectivity index (χ0) is 15.2. The Morgan fingerprint density at radius 1 is 1.30 bits per heavy atom. The van der Waals surface area contributed by atoms with Gasteiger partial charge in [-0.1, -0.05) is 24.0 Å². The summed E-state index contributed by atoms with van der Waals surface area (Å²) in [6.45, 7) is 2.84. The molecule has 0 aliphatic rings. The molecular weight excluding hydrogens is 276 g/mol. The highest BCUT2D eigenvalue weighted by Gasteiger charge is 2.22. The van der Waals surface area contributed by atoms with Crippen LogP contribution in [-0.4, -0.2) is 25.4 Å². The topological polar surface area (TPSA) is 90.2 Å². The largest absolute Gasteiger partial charge is 0.384 e. The van der Waals surface area contributed by atoms with Gasteiger partial charge in [-0.05, 0) is 31.5 Å². The summed E-state index contributed by atoms with van der Waals surface area (Å²) in [4.78, 5) is 0. The second kappa shape index (κ2) is 7.06. The van der Waals surface area contributed by atoms with Gasteiger partial charge in [0.15, 0.2) is 5.25 Å². The highest BCUT2D eigenvalue weighted by atomic mass is 32.2. The van der Waals surface area contributed by atoms with Crippen molar-refractivity contribution in [2.45, 2.75) is 25.1 Å². The molecule has 2 unspecified atom stereocenters. The van der Waals surface area contributed by atoms with Crippen LogP contribution in [0.1, 0.15) is 31.0 Å². The minimum atomic E-state index is -3.65. The average molecular weight is 292 g/mol. The third-order valence-corrected chi connectivity index (χ3v) is 4.43. The summed E-state index contributed by atoms with van der Waals surface area (Å²) in [5.41, 5.74) is 1.51. The Balaban J connectivity index is 2.84. The molecule has 1 rings (SSSR count). The maximum Gasteiger partial charge on any atom is 0.228 e. The standard InChI is InChI=1S/C14H16N2O3S/c1-11(10-15)20(18,19)16-12(2)14-7-5-13(6-8-14)4-3-9-17/h5-8,11-12,16-17H,9H2,1-2H3. The third kappa shape index (κ3) is 4.36. The van der Waals surface area contributed by atoms with E-state index in [1.165, 1.54) is 6.92 Å². The number of hydrogen-bond donors (Lipinski definition) is 2. The molecule has 0 aliphatic heterocycles. The maximum atomic E-state index is 11.8. The Kier molecular flexibility index (Phi) is 5.72. The van der Waals surface area contributed by atoms with Gasteiger partial charge in [0.25, 0.3) is 0 Å². The van der Waals surface area contributed by atoms with Gasteiger partial charge in [0.05, 0.1) is 6.07 Å². The summed E-state index contributed by atoms with van der Waals surface area (Å²) in [7, 11) is -3.65. The first kappa shape index (κ1) is 16.2. The molecule has 0 saturated heterocycles. The number of hydrogen-bond acceptors (Lipinski definition) is 4. The zero-order valence-electron chi connectivity index (χ0n) is 11.3. The Morgan fingerprint density at radius 2 is 1.90 bits per heavy atom. The van der Waals surface area contributed by atoms with Crippen molar-refractivity contribution < 1.29 is 13.5 Å². The van der Waals surface area contributed by atoms with E-state index in [1.807, 2.05) is 0 Å². The lowest BCUT2D eigenvalue weighted by Crippen LogP contribution is -2.33. The van der Waals surface area contributed by atoms with Crippen molar-refractivity contribution in [2.24, 2.45) is 0 Å². The molecule has 0 fully saturated rings. The van der Waals surface area contributed by atoms with Crippen molar-refractivity contribution in [1.82, 2.24) is 4.72 Å². The highest BCUT2D eigenvalue weighted by molar-refractivity contribution is 7.90. The normalized spacial score (nSPS) is 13.7. The monoisotopic (exact) mass is 292 g/mol. The van der Waals surface area contributed by atoms with E-state index in [0.29, 0.717) is 0 Å². The molecule has 0 radical (unpaired) electrons. The Labute approximate surface area is 119 Å². The second-order valence-corrected chi connectivity index (χ2v) is 6.27. The molecule has 6 heteroatoms. The van der Waals surface area contributed by atoms with Gasteiger partial charge in [-0.15, -0.1) is 0 Å². The van der Waals surface area contributed by atoms with Crippen molar-refractivity contribution in [1.29, 1.82) is 5.26 Å². The van der Waals surface area contributed by atoms with Crippen LogP contribution in [-0.2, 0) is 10.0 Å². The Hall–Kier alpha value is -1.86. The minimum Gasteiger partial charge on any atom is -0.384 e. The predicted octanol–water partition coefficient (Wildman–Crippen LogP) is 0.923. The number of nitrogens with zero attached hydrogens (tertiary/aromatic N) is 1. The lowest BCUT2D eigenvalue weighted by atomic mass is 10.1. The van der Waals surface area contributed by atoms with Crippen molar-refractivity contribution in [2.75, 3.05) is 6.61 Å². The van der Waals surface area contributed by atoms with Crippen LogP contribution >= 0.6 is 0 Å². The number of rotatable bonds is 4. The summed E-state index contributed by atoms with van der Waals surface area (Å²) in [5.74, 6) is 5.29. The predicted molar refractivity (Wildman–Crippen MR) is 76.0 cm³/mol. The van der Waals surface area contributed by atoms with Crippen LogP contribution in [0.2, 0.25) is 0 Å². The van der Waals surface area contributed by atoms with E-state index in [0.717, 1.165) is 11.1 Å². The van der Waals surface area contributed by atoms with Gasteiger partial charge < -0.3 is 5.11 Å². The quantitative estimate of drug-likeness (QED) is 0.808. The number of aliphatic hydroxyl groups is 1. The fraction of sp³-hybridized carbons (Fsp3) is 0.357. The van der Waals surface area contributed by atoms with Crippen LogP contribution in [0.15, 0.2) is 24.3 Å². The molecule has 0 spiro atoms. The number of sulfonamides is 1. The maximum absolute atomic E-state index is 11.8. The average Bonchev–Trinajstić information content (AvgIpc) is 2.44. The van der Waals surface area contributed by atoms with Crippen molar-refractivity contribution in [3.8, 4) is 17.9 Å². The van der Waals surface area contributed by atoms with Gasteiger partial charge in [-0.3, -0.25) is 0 Å². The first-order chi connectivity index (χ1) is 9.40. The fourth-order valence-corrected chi connectivity index (χ4v) is 2.45. The van der Waals surface area contributed by atoms with E-state index in [-0.39, 0.29) is 6.61 Å². The van der Waals surface area contributed by atoms with Gasteiger partial charge in [0, 0.05) is 11.6 Å². The lowest BCUT2D eigenvalue weighted by molar-refractivity contribution is 0.350. The van der Waals surface area contributed by atoms with Gasteiger partial charge in [0.2, 0.25) is 10.0 Å². The van der Waals surface area contributed by atoms with Crippen molar-refractivity contribution in [3.05, 3.63) is 35.4 Å². The summed E-state index contributed by atoms with van der Waals surface area (Å²) in [5, 5.41) is 16.2. The van der Waals surface area contributed by atoms with Crippen LogP contribution in [0.3, 0.4) is 0 Å². The molecule has 0 aromatic heterocycles. The van der Waals surface area contributed by atoms with Crippen LogP contribution in [0, 0.1) is 23.2 Å². The van der Waals surface area contributed by atoms with Crippen LogP contribution < -0.4 is 4.72 Å². The zero-order valence-corrected chi connectivity index (χ0v) is 12.1. The molecule has 106 valence electrons. The number of benzene rings is 1. The van der Waals surface area contributed by atoms with Gasteiger partial charge in [-0.2, -0.15) is 5.26 Å². The van der Waals surface area contributed by atoms with Crippen LogP contribution in [0.5, 0.6) is 0 Å². The van der Waals surface area contributed by atoms with Crippen LogP contribution in [0.4, 0.5) is 0 Å². The molecule has 5 nitrogen and oxygen atoms in total. The molecule has 20 heavy (non-hydrogen) atoms. The van der Waals surface area contributed by atoms with E-state index in [9.17, 15) is 8.42 Å². The summed E-state index contributed by atoms with van der Waals surface area (Å²) >= 11 is 0. The molecule has 0 amide bonds. The first-order valence-electron chi connectivity index (χ1n) is 6.01. The van der Waals surface area contributed by atoms with E-state index in [2.05, 4.69) is 16.6 Å². The Bertz CT molecular complexity index is 648. The second-order valence-electron chi connectivity index (χ2n) is 4.24. The summed E-state index contributed by atoms with van der Waals surface area (Å²) in [6, 6.07) is 8.27. The van der Waals surface area contributed by atoms with Gasteiger partial charge in [0.1, 0.15) is 6.61 Å². The molecule has 0 aliphatic carbocycles. The summed E-state index contributed by atoms with van der Waals surface area (Å²) < 4.78 is 26.0. The van der Waals surface area contributed by atoms with E-state index in [4.69, 9.17) is 10.4 Å². The van der Waals surface area contributed by atoms with Crippen molar-refractivity contribution in [3.63, 3.8) is 0 Å². The molecule has 2 atom stereocenters. The Morgan fingerprint density at radius 3 is 2.40 bits per heavy atom. The van der Waals surface area contributed by atoms with E-state index < -0.39 is 21.3 Å². The van der Waals surface area contributed by atoms with E-state index >= 15 is 0 Å². The number of aliphatic hydroxyl groups excluding tert-OH is 1. The number of nitriles is 1. The smallest absolute Gasteiger partial charge is 0.228 e. The fourth-order valence-electron chi connectivity index (χ4n) is 1.48. The molecule has 0 bridgehead atoms. The van der Waals surface area contributed by atoms with E-state index in [1.54, 1.807) is 37.3 Å². The molecule has 1 aromatic rings. The highest BCUT2D eigenvalue weighted by Crippen LogP contribution is 2.15. The summed E-state index contributed by atoms with van der Waals surface area (Å²) in [6.07, 6.45) is 0. The molecule has 0 heterocycles. The first-order valence-corrected chi connectivity index (χ1v) is 7.55. The lowest BCUT2D eigenvalue weighted by Gasteiger charge is -2.15. The molecule has 0 saturated carbocycles. The SMILES string of the molecule is CC(NS(=O)(=O)C(C)C#N)c1ccc(C#CCO)cc1. The molecular formula is C14H16N2O3S. The van der Waals surface area contributed by atoms with Gasteiger partial charge in [-0.25, -0.2) is 13.1 Å². The molecule has 2 N–H and O–H groups in total. The number of nitrogens with one attached hydrogen (secondary N) is 1. The van der Waals surface area contributed by atoms with Crippen molar-refractivity contribution >= 4 is 10.0 Å². The minimum absolute atomic E-state index is 0.204. The third-order valence-electron chi connectivity index (χ3n) is 2.71.